The summed E-state index contributed by atoms with van der Waals surface area (Å²) in [7, 11) is 1.58. The van der Waals surface area contributed by atoms with E-state index in [9.17, 15) is 22.8 Å². The van der Waals surface area contributed by atoms with E-state index in [2.05, 4.69) is 4.90 Å². The lowest BCUT2D eigenvalue weighted by atomic mass is 9.84. The van der Waals surface area contributed by atoms with Crippen molar-refractivity contribution in [1.29, 1.82) is 0 Å². The molecule has 0 N–H and O–H groups in total. The molecule has 2 heterocycles. The lowest BCUT2D eigenvalue weighted by molar-refractivity contribution is -0.154. The summed E-state index contributed by atoms with van der Waals surface area (Å²) in [6.45, 7) is 12.3. The third kappa shape index (κ3) is 10.0. The van der Waals surface area contributed by atoms with Gasteiger partial charge in [0, 0.05) is 50.4 Å². The molecular formula is C36H50F3N3O5. The molecule has 2 aromatic carbocycles. The third-order valence-corrected chi connectivity index (χ3v) is 8.91. The van der Waals surface area contributed by atoms with Crippen molar-refractivity contribution in [3.63, 3.8) is 0 Å². The number of amides is 1. The Morgan fingerprint density at radius 2 is 1.66 bits per heavy atom. The summed E-state index contributed by atoms with van der Waals surface area (Å²) in [4.78, 5) is 31.2. The molecule has 4 rings (SSSR count). The summed E-state index contributed by atoms with van der Waals surface area (Å²) < 4.78 is 58.6. The number of ether oxygens (including phenoxy) is 3. The molecule has 2 aliphatic heterocycles. The van der Waals surface area contributed by atoms with E-state index >= 15 is 0 Å². The summed E-state index contributed by atoms with van der Waals surface area (Å²) in [5.74, 6) is 0.349. The van der Waals surface area contributed by atoms with Crippen LogP contribution in [0.1, 0.15) is 89.8 Å². The largest absolute Gasteiger partial charge is 0.497 e. The number of hydrogen-bond donors (Lipinski definition) is 0. The van der Waals surface area contributed by atoms with Gasteiger partial charge >= 0.3 is 18.2 Å². The van der Waals surface area contributed by atoms with Gasteiger partial charge in [0.2, 0.25) is 0 Å². The molecule has 0 aromatic heterocycles. The van der Waals surface area contributed by atoms with Gasteiger partial charge in [-0.25, -0.2) is 4.79 Å². The molecule has 0 aliphatic carbocycles. The Morgan fingerprint density at radius 3 is 2.26 bits per heavy atom. The Bertz CT molecular complexity index is 1350. The molecule has 0 atom stereocenters. The Morgan fingerprint density at radius 1 is 0.979 bits per heavy atom. The van der Waals surface area contributed by atoms with Gasteiger partial charge in [0.05, 0.1) is 18.8 Å². The third-order valence-electron chi connectivity index (χ3n) is 8.91. The van der Waals surface area contributed by atoms with E-state index in [0.29, 0.717) is 50.6 Å². The van der Waals surface area contributed by atoms with Crippen molar-refractivity contribution >= 4 is 17.7 Å². The molecule has 2 aliphatic rings. The van der Waals surface area contributed by atoms with E-state index in [1.54, 1.807) is 18.1 Å². The maximum Gasteiger partial charge on any atom is 0.416 e. The maximum absolute atomic E-state index is 14.1. The van der Waals surface area contributed by atoms with Gasteiger partial charge in [-0.2, -0.15) is 13.2 Å². The normalized spacial score (nSPS) is 16.9. The lowest BCUT2D eigenvalue weighted by Crippen LogP contribution is -2.53. The summed E-state index contributed by atoms with van der Waals surface area (Å²) in [5, 5.41) is 0. The van der Waals surface area contributed by atoms with Crippen LogP contribution in [0, 0.1) is 0 Å². The Labute approximate surface area is 277 Å². The van der Waals surface area contributed by atoms with Gasteiger partial charge in [-0.05, 0) is 109 Å². The zero-order valence-corrected chi connectivity index (χ0v) is 28.6. The molecule has 260 valence electrons. The van der Waals surface area contributed by atoms with E-state index in [1.165, 1.54) is 12.1 Å². The van der Waals surface area contributed by atoms with Crippen LogP contribution in [0.15, 0.2) is 42.5 Å². The molecule has 0 saturated carbocycles. The minimum atomic E-state index is -4.51. The average molecular weight is 662 g/mol. The predicted octanol–water partition coefficient (Wildman–Crippen LogP) is 7.82. The number of methoxy groups -OCH3 is 1. The molecule has 1 amide bonds. The Kier molecular flexibility index (Phi) is 11.7. The molecule has 1 spiro atoms. The second kappa shape index (κ2) is 15.2. The first-order valence-corrected chi connectivity index (χ1v) is 16.6. The highest BCUT2D eigenvalue weighted by Crippen LogP contribution is 2.42. The summed E-state index contributed by atoms with van der Waals surface area (Å²) >= 11 is 0. The van der Waals surface area contributed by atoms with Crippen molar-refractivity contribution in [2.75, 3.05) is 38.2 Å². The quantitative estimate of drug-likeness (QED) is 0.228. The van der Waals surface area contributed by atoms with Crippen molar-refractivity contribution in [3.8, 4) is 5.75 Å². The Hall–Kier alpha value is -3.47. The molecule has 0 bridgehead atoms. The minimum absolute atomic E-state index is 0.133. The highest BCUT2D eigenvalue weighted by atomic mass is 19.4. The fraction of sp³-hybridized carbons (Fsp3) is 0.611. The number of nitrogens with zero attached hydrogens (tertiary/aromatic N) is 3. The number of esters is 1. The smallest absolute Gasteiger partial charge is 0.416 e. The number of hydrogen-bond acceptors (Lipinski definition) is 7. The van der Waals surface area contributed by atoms with Crippen LogP contribution in [0.4, 0.5) is 23.7 Å². The number of halogens is 3. The van der Waals surface area contributed by atoms with E-state index < -0.39 is 17.3 Å². The topological polar surface area (TPSA) is 71.5 Å². The van der Waals surface area contributed by atoms with Gasteiger partial charge in [0.25, 0.3) is 0 Å². The van der Waals surface area contributed by atoms with Gasteiger partial charge in [-0.15, -0.1) is 0 Å². The molecule has 8 nitrogen and oxygen atoms in total. The monoisotopic (exact) mass is 661 g/mol. The molecule has 47 heavy (non-hydrogen) atoms. The lowest BCUT2D eigenvalue weighted by Gasteiger charge is -2.45. The van der Waals surface area contributed by atoms with Crippen molar-refractivity contribution in [2.24, 2.45) is 0 Å². The van der Waals surface area contributed by atoms with Crippen LogP contribution in [0.25, 0.3) is 0 Å². The van der Waals surface area contributed by atoms with E-state index in [-0.39, 0.29) is 30.1 Å². The van der Waals surface area contributed by atoms with Crippen molar-refractivity contribution < 1.29 is 37.0 Å². The SMILES string of the molecule is COc1ccc(CN(CCCC(=O)OC(C)(C)C)c2cc(C(F)(F)F)ccc2CN2CCCC23CCN(C(=O)OC(C)C)CC3)cc1. The molecule has 0 unspecified atom stereocenters. The number of carbonyl (C=O) groups excluding carboxylic acids is 2. The zero-order valence-electron chi connectivity index (χ0n) is 28.6. The van der Waals surface area contributed by atoms with Crippen LogP contribution in [0.5, 0.6) is 5.75 Å². The number of likely N-dealkylation sites (tertiary alicyclic amines) is 2. The highest BCUT2D eigenvalue weighted by Gasteiger charge is 2.44. The fourth-order valence-corrected chi connectivity index (χ4v) is 6.61. The van der Waals surface area contributed by atoms with E-state index in [0.717, 1.165) is 43.4 Å². The highest BCUT2D eigenvalue weighted by molar-refractivity contribution is 5.70. The van der Waals surface area contributed by atoms with Crippen LogP contribution in [-0.2, 0) is 33.5 Å². The first kappa shape index (κ1) is 36.4. The molecule has 2 fully saturated rings. The summed E-state index contributed by atoms with van der Waals surface area (Å²) in [5.41, 5.74) is 0.740. The second-order valence-corrected chi connectivity index (χ2v) is 14.0. The van der Waals surface area contributed by atoms with Crippen molar-refractivity contribution in [2.45, 2.75) is 110 Å². The molecule has 11 heteroatoms. The van der Waals surface area contributed by atoms with Crippen LogP contribution in [-0.4, -0.2) is 72.4 Å². The van der Waals surface area contributed by atoms with Gasteiger partial charge in [0.1, 0.15) is 11.4 Å². The van der Waals surface area contributed by atoms with Crippen LogP contribution < -0.4 is 9.64 Å². The van der Waals surface area contributed by atoms with E-state index in [4.69, 9.17) is 14.2 Å². The van der Waals surface area contributed by atoms with Crippen molar-refractivity contribution in [1.82, 2.24) is 9.80 Å². The number of rotatable bonds is 11. The maximum atomic E-state index is 14.1. The molecular weight excluding hydrogens is 611 g/mol. The number of carbonyl (C=O) groups is 2. The second-order valence-electron chi connectivity index (χ2n) is 14.0. The molecule has 2 aromatic rings. The molecule has 2 saturated heterocycles. The number of benzene rings is 2. The van der Waals surface area contributed by atoms with Gasteiger partial charge in [-0.1, -0.05) is 18.2 Å². The number of piperidine rings is 1. The van der Waals surface area contributed by atoms with E-state index in [1.807, 2.05) is 63.8 Å². The average Bonchev–Trinajstić information content (AvgIpc) is 3.36. The standard InChI is InChI=1S/C36H50F3N3O5/c1-26(2)46-33(44)40-21-17-35(18-22-40)16-8-20-42(35)25-28-12-13-29(36(37,38)39)23-31(28)41(19-7-9-32(43)47-34(3,4)5)24-27-10-14-30(45-6)15-11-27/h10-15,23,26H,7-9,16-22,24-25H2,1-6H3. The predicted molar refractivity (Wildman–Crippen MR) is 175 cm³/mol. The summed E-state index contributed by atoms with van der Waals surface area (Å²) in [6, 6.07) is 11.5. The Balaban J connectivity index is 1.62. The fourth-order valence-electron chi connectivity index (χ4n) is 6.61. The van der Waals surface area contributed by atoms with Crippen LogP contribution >= 0.6 is 0 Å². The summed E-state index contributed by atoms with van der Waals surface area (Å²) in [6.07, 6.45) is -0.925. The first-order chi connectivity index (χ1) is 22.1. The van der Waals surface area contributed by atoms with Gasteiger partial charge in [0.15, 0.2) is 0 Å². The van der Waals surface area contributed by atoms with Crippen LogP contribution in [0.3, 0.4) is 0 Å². The van der Waals surface area contributed by atoms with Crippen molar-refractivity contribution in [3.05, 3.63) is 59.2 Å². The van der Waals surface area contributed by atoms with Crippen LogP contribution in [0.2, 0.25) is 0 Å². The zero-order chi connectivity index (χ0) is 34.4. The van der Waals surface area contributed by atoms with Gasteiger partial charge < -0.3 is 24.0 Å². The molecule has 0 radical (unpaired) electrons. The first-order valence-electron chi connectivity index (χ1n) is 16.6. The minimum Gasteiger partial charge on any atom is -0.497 e. The van der Waals surface area contributed by atoms with Gasteiger partial charge in [-0.3, -0.25) is 9.69 Å². The number of alkyl halides is 3. The number of anilines is 1.